The lowest BCUT2D eigenvalue weighted by molar-refractivity contribution is -0.133. The van der Waals surface area contributed by atoms with Gasteiger partial charge in [0, 0.05) is 24.7 Å². The molecule has 0 bridgehead atoms. The van der Waals surface area contributed by atoms with Crippen LogP contribution in [0.5, 0.6) is 0 Å². The maximum atomic E-state index is 12.3. The Morgan fingerprint density at radius 2 is 1.12 bits per heavy atom. The van der Waals surface area contributed by atoms with E-state index in [-0.39, 0.29) is 11.8 Å². The fourth-order valence-electron chi connectivity index (χ4n) is 4.40. The van der Waals surface area contributed by atoms with Gasteiger partial charge in [-0.25, -0.2) is 0 Å². The van der Waals surface area contributed by atoms with E-state index in [0.717, 1.165) is 32.1 Å². The Balaban J connectivity index is 1.82. The van der Waals surface area contributed by atoms with E-state index in [9.17, 15) is 9.59 Å². The molecule has 0 aromatic carbocycles. The minimum Gasteiger partial charge on any atom is -0.299 e. The van der Waals surface area contributed by atoms with E-state index in [0.29, 0.717) is 36.2 Å². The molecular formula is C15H22O2. The Morgan fingerprint density at radius 3 is 1.76 bits per heavy atom. The van der Waals surface area contributed by atoms with E-state index < -0.39 is 0 Å². The molecule has 0 amide bonds. The van der Waals surface area contributed by atoms with Crippen LogP contribution in [0.4, 0.5) is 0 Å². The van der Waals surface area contributed by atoms with Crippen molar-refractivity contribution in [3.05, 3.63) is 0 Å². The first-order valence-electron chi connectivity index (χ1n) is 7.31. The number of ketones is 2. The van der Waals surface area contributed by atoms with E-state index in [4.69, 9.17) is 0 Å². The summed E-state index contributed by atoms with van der Waals surface area (Å²) >= 11 is 0. The molecule has 0 aromatic heterocycles. The number of fused-ring (bicyclic) bond motifs is 2. The number of carbonyl (C=O) groups excluding carboxylic acids is 2. The average Bonchev–Trinajstić information content (AvgIpc) is 2.76. The van der Waals surface area contributed by atoms with Crippen molar-refractivity contribution < 1.29 is 9.59 Å². The molecule has 0 heterocycles. The zero-order chi connectivity index (χ0) is 11.8. The summed E-state index contributed by atoms with van der Waals surface area (Å²) in [6, 6.07) is 0. The number of hydrogen-bond acceptors (Lipinski definition) is 2. The molecule has 0 N–H and O–H groups in total. The first-order valence-corrected chi connectivity index (χ1v) is 7.31. The van der Waals surface area contributed by atoms with Crippen molar-refractivity contribution >= 4 is 11.6 Å². The molecule has 3 aliphatic rings. The van der Waals surface area contributed by atoms with Gasteiger partial charge < -0.3 is 0 Å². The second-order valence-corrected chi connectivity index (χ2v) is 6.29. The maximum absolute atomic E-state index is 12.3. The molecule has 3 rings (SSSR count). The zero-order valence-electron chi connectivity index (χ0n) is 10.5. The highest BCUT2D eigenvalue weighted by molar-refractivity contribution is 5.88. The van der Waals surface area contributed by atoms with Crippen LogP contribution in [-0.4, -0.2) is 11.6 Å². The number of carbonyl (C=O) groups is 2. The third-order valence-corrected chi connectivity index (χ3v) is 5.32. The monoisotopic (exact) mass is 234 g/mol. The van der Waals surface area contributed by atoms with Gasteiger partial charge >= 0.3 is 0 Å². The molecule has 17 heavy (non-hydrogen) atoms. The van der Waals surface area contributed by atoms with Crippen molar-refractivity contribution in [2.45, 2.75) is 57.8 Å². The molecule has 3 aliphatic carbocycles. The van der Waals surface area contributed by atoms with Crippen LogP contribution in [0, 0.1) is 23.7 Å². The first-order chi connectivity index (χ1) is 8.25. The van der Waals surface area contributed by atoms with E-state index in [1.165, 1.54) is 12.8 Å². The van der Waals surface area contributed by atoms with Gasteiger partial charge in [-0.2, -0.15) is 0 Å². The molecule has 3 fully saturated rings. The van der Waals surface area contributed by atoms with E-state index in [1.807, 2.05) is 0 Å². The zero-order valence-corrected chi connectivity index (χ0v) is 10.5. The number of hydrogen-bond donors (Lipinski definition) is 0. The summed E-state index contributed by atoms with van der Waals surface area (Å²) in [7, 11) is 0. The highest BCUT2D eigenvalue weighted by Crippen LogP contribution is 2.43. The minimum absolute atomic E-state index is 0.231. The topological polar surface area (TPSA) is 34.1 Å². The highest BCUT2D eigenvalue weighted by Gasteiger charge is 2.41. The van der Waals surface area contributed by atoms with Crippen LogP contribution in [0.15, 0.2) is 0 Å². The number of Topliss-reactive ketones (excluding diaryl/α,β-unsaturated/α-hetero) is 2. The second-order valence-electron chi connectivity index (χ2n) is 6.29. The Labute approximate surface area is 103 Å². The SMILES string of the molecule is O=C1C[C@@H]2CCC[C@@H]2C(=O)C[C@@H]2CCCC[C@H]12. The van der Waals surface area contributed by atoms with E-state index in [2.05, 4.69) is 0 Å². The molecule has 0 radical (unpaired) electrons. The molecule has 94 valence electrons. The molecular weight excluding hydrogens is 212 g/mol. The van der Waals surface area contributed by atoms with Crippen LogP contribution < -0.4 is 0 Å². The first kappa shape index (κ1) is 11.4. The summed E-state index contributed by atoms with van der Waals surface area (Å²) in [6.45, 7) is 0. The summed E-state index contributed by atoms with van der Waals surface area (Å²) in [6.07, 6.45) is 9.30. The molecule has 0 aliphatic heterocycles. The molecule has 0 spiro atoms. The minimum atomic E-state index is 0.231. The Kier molecular flexibility index (Phi) is 3.06. The van der Waals surface area contributed by atoms with Crippen LogP contribution in [0.3, 0.4) is 0 Å². The molecule has 0 aromatic rings. The van der Waals surface area contributed by atoms with Crippen LogP contribution in [0.1, 0.15) is 57.8 Å². The van der Waals surface area contributed by atoms with Crippen molar-refractivity contribution in [2.75, 3.05) is 0 Å². The molecule has 2 heteroatoms. The Morgan fingerprint density at radius 1 is 0.647 bits per heavy atom. The highest BCUT2D eigenvalue weighted by atomic mass is 16.1. The molecule has 4 atom stereocenters. The lowest BCUT2D eigenvalue weighted by Gasteiger charge is -2.34. The second kappa shape index (κ2) is 4.55. The lowest BCUT2D eigenvalue weighted by atomic mass is 9.68. The van der Waals surface area contributed by atoms with Crippen molar-refractivity contribution in [1.82, 2.24) is 0 Å². The predicted molar refractivity (Wildman–Crippen MR) is 65.5 cm³/mol. The van der Waals surface area contributed by atoms with Gasteiger partial charge in [-0.3, -0.25) is 9.59 Å². The van der Waals surface area contributed by atoms with Gasteiger partial charge in [0.05, 0.1) is 0 Å². The van der Waals surface area contributed by atoms with Crippen molar-refractivity contribution in [2.24, 2.45) is 23.7 Å². The quantitative estimate of drug-likeness (QED) is 0.645. The average molecular weight is 234 g/mol. The predicted octanol–water partition coefficient (Wildman–Crippen LogP) is 3.14. The molecule has 2 nitrogen and oxygen atoms in total. The van der Waals surface area contributed by atoms with Gasteiger partial charge in [0.15, 0.2) is 0 Å². The van der Waals surface area contributed by atoms with Crippen LogP contribution in [-0.2, 0) is 9.59 Å². The molecule has 0 saturated heterocycles. The van der Waals surface area contributed by atoms with E-state index in [1.54, 1.807) is 0 Å². The fourth-order valence-corrected chi connectivity index (χ4v) is 4.40. The fraction of sp³-hybridized carbons (Fsp3) is 0.867. The van der Waals surface area contributed by atoms with Gasteiger partial charge in [-0.1, -0.05) is 19.3 Å². The van der Waals surface area contributed by atoms with Crippen LogP contribution >= 0.6 is 0 Å². The third-order valence-electron chi connectivity index (χ3n) is 5.32. The van der Waals surface area contributed by atoms with Crippen molar-refractivity contribution in [3.8, 4) is 0 Å². The summed E-state index contributed by atoms with van der Waals surface area (Å²) in [5, 5.41) is 0. The Hall–Kier alpha value is -0.660. The smallest absolute Gasteiger partial charge is 0.136 e. The van der Waals surface area contributed by atoms with Gasteiger partial charge in [-0.15, -0.1) is 0 Å². The standard InChI is InChI=1S/C15H22O2/c16-14-9-11-5-3-7-13(11)15(17)8-10-4-1-2-6-12(10)14/h10-13H,1-9H2/t10-,11-,12-,13-/m0/s1. The normalized spacial score (nSPS) is 42.6. The molecule has 3 saturated carbocycles. The molecule has 0 unspecified atom stereocenters. The Bertz CT molecular complexity index is 334. The van der Waals surface area contributed by atoms with E-state index >= 15 is 0 Å². The summed E-state index contributed by atoms with van der Waals surface area (Å²) in [5.41, 5.74) is 0. The maximum Gasteiger partial charge on any atom is 0.136 e. The number of rotatable bonds is 0. The van der Waals surface area contributed by atoms with Crippen LogP contribution in [0.25, 0.3) is 0 Å². The van der Waals surface area contributed by atoms with Gasteiger partial charge in [-0.05, 0) is 37.5 Å². The van der Waals surface area contributed by atoms with Gasteiger partial charge in [0.2, 0.25) is 0 Å². The largest absolute Gasteiger partial charge is 0.299 e. The lowest BCUT2D eigenvalue weighted by Crippen LogP contribution is -2.36. The summed E-state index contributed by atoms with van der Waals surface area (Å²) < 4.78 is 0. The summed E-state index contributed by atoms with van der Waals surface area (Å²) in [4.78, 5) is 24.6. The van der Waals surface area contributed by atoms with Gasteiger partial charge in [0.1, 0.15) is 11.6 Å². The van der Waals surface area contributed by atoms with Crippen molar-refractivity contribution in [3.63, 3.8) is 0 Å². The van der Waals surface area contributed by atoms with Gasteiger partial charge in [0.25, 0.3) is 0 Å². The van der Waals surface area contributed by atoms with Crippen LogP contribution in [0.2, 0.25) is 0 Å². The van der Waals surface area contributed by atoms with Crippen molar-refractivity contribution in [1.29, 1.82) is 0 Å². The third kappa shape index (κ3) is 2.07. The summed E-state index contributed by atoms with van der Waals surface area (Å²) in [5.74, 6) is 2.23.